The molecule has 1 N–H and O–H groups in total. The van der Waals surface area contributed by atoms with E-state index in [0.29, 0.717) is 18.2 Å². The van der Waals surface area contributed by atoms with Gasteiger partial charge in [-0.1, -0.05) is 37.3 Å². The summed E-state index contributed by atoms with van der Waals surface area (Å²) in [6, 6.07) is 12.2. The SMILES string of the molecule is CCCn1nc(C)c(-c2cc(C(=O)N3CCCC(Cc4nncn4Cc4ccccc4)C3)[nH]n2)c1C. The summed E-state index contributed by atoms with van der Waals surface area (Å²) in [4.78, 5) is 15.3. The summed E-state index contributed by atoms with van der Waals surface area (Å²) in [6.07, 6.45) is 5.68. The van der Waals surface area contributed by atoms with Crippen LogP contribution in [0.1, 0.15) is 59.5 Å². The lowest BCUT2D eigenvalue weighted by molar-refractivity contribution is 0.0665. The number of likely N-dealkylation sites (tertiary alicyclic amines) is 1. The molecule has 0 spiro atoms. The van der Waals surface area contributed by atoms with Gasteiger partial charge in [-0.05, 0) is 50.7 Å². The zero-order valence-corrected chi connectivity index (χ0v) is 21.3. The molecule has 4 heterocycles. The largest absolute Gasteiger partial charge is 0.337 e. The van der Waals surface area contributed by atoms with Crippen LogP contribution in [0, 0.1) is 19.8 Å². The van der Waals surface area contributed by atoms with Gasteiger partial charge in [0, 0.05) is 37.3 Å². The predicted octanol–water partition coefficient (Wildman–Crippen LogP) is 4.03. The van der Waals surface area contributed by atoms with Crippen molar-refractivity contribution in [2.24, 2.45) is 5.92 Å². The van der Waals surface area contributed by atoms with E-state index in [9.17, 15) is 4.79 Å². The van der Waals surface area contributed by atoms with Crippen molar-refractivity contribution in [2.45, 2.75) is 59.5 Å². The van der Waals surface area contributed by atoms with Crippen molar-refractivity contribution in [2.75, 3.05) is 13.1 Å². The second-order valence-electron chi connectivity index (χ2n) is 9.76. The number of H-pyrrole nitrogens is 1. The third-order valence-corrected chi connectivity index (χ3v) is 7.05. The molecule has 1 fully saturated rings. The number of aromatic nitrogens is 7. The van der Waals surface area contributed by atoms with E-state index in [2.05, 4.69) is 56.0 Å². The van der Waals surface area contributed by atoms with Crippen LogP contribution in [0.5, 0.6) is 0 Å². The average Bonchev–Trinajstić information content (AvgIpc) is 3.60. The minimum atomic E-state index is 0.000425. The molecule has 1 atom stereocenters. The average molecular weight is 487 g/mol. The van der Waals surface area contributed by atoms with Gasteiger partial charge in [-0.15, -0.1) is 10.2 Å². The Labute approximate surface area is 211 Å². The summed E-state index contributed by atoms with van der Waals surface area (Å²) in [5.41, 5.74) is 5.55. The third kappa shape index (κ3) is 4.96. The first-order valence-corrected chi connectivity index (χ1v) is 12.8. The lowest BCUT2D eigenvalue weighted by Gasteiger charge is -2.32. The summed E-state index contributed by atoms with van der Waals surface area (Å²) in [5.74, 6) is 1.32. The van der Waals surface area contributed by atoms with Crippen LogP contribution >= 0.6 is 0 Å². The molecule has 0 aliphatic carbocycles. The van der Waals surface area contributed by atoms with Gasteiger partial charge in [-0.3, -0.25) is 14.6 Å². The quantitative estimate of drug-likeness (QED) is 0.405. The van der Waals surface area contributed by atoms with Crippen molar-refractivity contribution in [1.29, 1.82) is 0 Å². The highest BCUT2D eigenvalue weighted by Gasteiger charge is 2.27. The van der Waals surface area contributed by atoms with E-state index in [0.717, 1.165) is 73.8 Å². The molecule has 1 amide bonds. The Morgan fingerprint density at radius 1 is 1.19 bits per heavy atom. The molecule has 1 saturated heterocycles. The van der Waals surface area contributed by atoms with Crippen LogP contribution in [0.2, 0.25) is 0 Å². The predicted molar refractivity (Wildman–Crippen MR) is 137 cm³/mol. The topological polar surface area (TPSA) is 97.5 Å². The van der Waals surface area contributed by atoms with Gasteiger partial charge in [0.2, 0.25) is 0 Å². The molecule has 188 valence electrons. The molecule has 9 heteroatoms. The minimum Gasteiger partial charge on any atom is -0.337 e. The molecule has 1 aromatic carbocycles. The smallest absolute Gasteiger partial charge is 0.271 e. The van der Waals surface area contributed by atoms with Crippen molar-refractivity contribution < 1.29 is 4.79 Å². The number of piperidine rings is 1. The molecule has 1 aliphatic heterocycles. The van der Waals surface area contributed by atoms with Crippen molar-refractivity contribution in [3.05, 3.63) is 71.2 Å². The maximum atomic E-state index is 13.4. The number of hydrogen-bond donors (Lipinski definition) is 1. The number of rotatable bonds is 8. The number of benzene rings is 1. The first-order valence-electron chi connectivity index (χ1n) is 12.8. The second-order valence-corrected chi connectivity index (χ2v) is 9.76. The van der Waals surface area contributed by atoms with Crippen LogP contribution in [0.4, 0.5) is 0 Å². The van der Waals surface area contributed by atoms with Crippen LogP contribution < -0.4 is 0 Å². The summed E-state index contributed by atoms with van der Waals surface area (Å²) in [7, 11) is 0. The highest BCUT2D eigenvalue weighted by Crippen LogP contribution is 2.27. The normalized spacial score (nSPS) is 16.0. The van der Waals surface area contributed by atoms with E-state index >= 15 is 0 Å². The van der Waals surface area contributed by atoms with Crippen LogP contribution in [0.15, 0.2) is 42.7 Å². The van der Waals surface area contributed by atoms with Gasteiger partial charge in [0.25, 0.3) is 5.91 Å². The Hall–Kier alpha value is -3.75. The fraction of sp³-hybridized carbons (Fsp3) is 0.444. The van der Waals surface area contributed by atoms with Gasteiger partial charge in [0.1, 0.15) is 17.8 Å². The zero-order chi connectivity index (χ0) is 25.1. The number of amides is 1. The highest BCUT2D eigenvalue weighted by atomic mass is 16.2. The van der Waals surface area contributed by atoms with Crippen molar-refractivity contribution >= 4 is 5.91 Å². The number of nitrogens with one attached hydrogen (secondary N) is 1. The summed E-state index contributed by atoms with van der Waals surface area (Å²) < 4.78 is 4.13. The molecule has 1 unspecified atom stereocenters. The first kappa shape index (κ1) is 24.0. The molecular weight excluding hydrogens is 452 g/mol. The van der Waals surface area contributed by atoms with Gasteiger partial charge < -0.3 is 9.47 Å². The maximum absolute atomic E-state index is 13.4. The van der Waals surface area contributed by atoms with E-state index in [1.165, 1.54) is 5.56 Å². The molecular formula is C27H34N8O. The van der Waals surface area contributed by atoms with E-state index in [1.54, 1.807) is 6.33 Å². The Kier molecular flexibility index (Phi) is 6.97. The fourth-order valence-corrected chi connectivity index (χ4v) is 5.25. The number of hydrogen-bond acceptors (Lipinski definition) is 5. The number of nitrogens with zero attached hydrogens (tertiary/aromatic N) is 7. The highest BCUT2D eigenvalue weighted by molar-refractivity contribution is 5.93. The van der Waals surface area contributed by atoms with Gasteiger partial charge >= 0.3 is 0 Å². The first-order chi connectivity index (χ1) is 17.5. The number of aryl methyl sites for hydroxylation is 2. The lowest BCUT2D eigenvalue weighted by Crippen LogP contribution is -2.41. The van der Waals surface area contributed by atoms with Gasteiger partial charge in [0.05, 0.1) is 17.9 Å². The molecule has 0 radical (unpaired) electrons. The minimum absolute atomic E-state index is 0.000425. The Bertz CT molecular complexity index is 1320. The fourth-order valence-electron chi connectivity index (χ4n) is 5.25. The molecule has 36 heavy (non-hydrogen) atoms. The Morgan fingerprint density at radius 2 is 2.03 bits per heavy atom. The second kappa shape index (κ2) is 10.5. The lowest BCUT2D eigenvalue weighted by atomic mass is 9.94. The van der Waals surface area contributed by atoms with E-state index < -0.39 is 0 Å². The van der Waals surface area contributed by atoms with Gasteiger partial charge in [-0.25, -0.2) is 0 Å². The summed E-state index contributed by atoms with van der Waals surface area (Å²) >= 11 is 0. The van der Waals surface area contributed by atoms with Crippen LogP contribution in [-0.4, -0.2) is 58.6 Å². The van der Waals surface area contributed by atoms with Crippen LogP contribution in [0.25, 0.3) is 11.3 Å². The Balaban J connectivity index is 1.26. The van der Waals surface area contributed by atoms with Crippen molar-refractivity contribution in [3.63, 3.8) is 0 Å². The molecule has 5 rings (SSSR count). The number of carbonyl (C=O) groups is 1. The van der Waals surface area contributed by atoms with Crippen LogP contribution in [0.3, 0.4) is 0 Å². The molecule has 0 saturated carbocycles. The van der Waals surface area contributed by atoms with Gasteiger partial charge in [-0.2, -0.15) is 10.2 Å². The van der Waals surface area contributed by atoms with E-state index in [-0.39, 0.29) is 5.91 Å². The van der Waals surface area contributed by atoms with E-state index in [4.69, 9.17) is 0 Å². The van der Waals surface area contributed by atoms with Crippen LogP contribution in [-0.2, 0) is 19.5 Å². The molecule has 9 nitrogen and oxygen atoms in total. The van der Waals surface area contributed by atoms with Gasteiger partial charge in [0.15, 0.2) is 0 Å². The monoisotopic (exact) mass is 486 g/mol. The molecule has 0 bridgehead atoms. The number of aromatic amines is 1. The third-order valence-electron chi connectivity index (χ3n) is 7.05. The van der Waals surface area contributed by atoms with E-state index in [1.807, 2.05) is 40.8 Å². The zero-order valence-electron chi connectivity index (χ0n) is 21.3. The molecule has 1 aliphatic rings. The molecule has 4 aromatic rings. The summed E-state index contributed by atoms with van der Waals surface area (Å²) in [6.45, 7) is 9.29. The van der Waals surface area contributed by atoms with Crippen molar-refractivity contribution in [3.8, 4) is 11.3 Å². The number of carbonyl (C=O) groups excluding carboxylic acids is 1. The standard InChI is InChI=1S/C27H34N8O/c1-4-12-35-20(3)26(19(2)32-35)23-15-24(30-29-23)27(36)33-13-8-11-22(17-33)14-25-31-28-18-34(25)16-21-9-6-5-7-10-21/h5-7,9-10,15,18,22H,4,8,11-14,16-17H2,1-3H3,(H,29,30). The Morgan fingerprint density at radius 3 is 2.83 bits per heavy atom. The maximum Gasteiger partial charge on any atom is 0.271 e. The summed E-state index contributed by atoms with van der Waals surface area (Å²) in [5, 5.41) is 20.7. The van der Waals surface area contributed by atoms with Crippen molar-refractivity contribution in [1.82, 2.24) is 39.6 Å². The molecule has 3 aromatic heterocycles.